The topological polar surface area (TPSA) is 95.5 Å². The lowest BCUT2D eigenvalue weighted by molar-refractivity contribution is -0.136. The summed E-state index contributed by atoms with van der Waals surface area (Å²) in [5.41, 5.74) is 2.44. The third kappa shape index (κ3) is 5.67. The summed E-state index contributed by atoms with van der Waals surface area (Å²) >= 11 is 0. The number of hydrogen-bond donors (Lipinski definition) is 3. The van der Waals surface area contributed by atoms with Gasteiger partial charge in [-0.3, -0.25) is 14.4 Å². The molecule has 0 bridgehead atoms. The zero-order valence-electron chi connectivity index (χ0n) is 15.7. The number of aliphatic carboxylic acids is 1. The van der Waals surface area contributed by atoms with E-state index in [0.29, 0.717) is 16.8 Å². The number of carbonyl (C=O) groups is 3. The molecule has 0 aliphatic carbocycles. The van der Waals surface area contributed by atoms with Crippen LogP contribution in [0.1, 0.15) is 35.3 Å². The number of carbonyl (C=O) groups excluding carboxylic acids is 2. The van der Waals surface area contributed by atoms with Crippen LogP contribution in [0, 0.1) is 12.8 Å². The summed E-state index contributed by atoms with van der Waals surface area (Å²) in [6.45, 7) is 5.54. The van der Waals surface area contributed by atoms with Gasteiger partial charge >= 0.3 is 5.97 Å². The third-order valence-corrected chi connectivity index (χ3v) is 4.18. The van der Waals surface area contributed by atoms with Gasteiger partial charge in [-0.25, -0.2) is 0 Å². The van der Waals surface area contributed by atoms with Crippen LogP contribution in [0.25, 0.3) is 0 Å². The highest BCUT2D eigenvalue weighted by Gasteiger charge is 2.25. The van der Waals surface area contributed by atoms with E-state index in [-0.39, 0.29) is 24.2 Å². The summed E-state index contributed by atoms with van der Waals surface area (Å²) in [5.74, 6) is -1.72. The highest BCUT2D eigenvalue weighted by molar-refractivity contribution is 6.02. The number of aryl methyl sites for hydroxylation is 1. The van der Waals surface area contributed by atoms with E-state index in [1.165, 1.54) is 0 Å². The van der Waals surface area contributed by atoms with Crippen molar-refractivity contribution in [1.29, 1.82) is 0 Å². The molecule has 0 fully saturated rings. The molecule has 0 spiro atoms. The van der Waals surface area contributed by atoms with E-state index in [1.807, 2.05) is 32.9 Å². The molecule has 6 heteroatoms. The van der Waals surface area contributed by atoms with E-state index in [4.69, 9.17) is 5.11 Å². The van der Waals surface area contributed by atoms with Crippen LogP contribution in [-0.4, -0.2) is 28.9 Å². The van der Waals surface area contributed by atoms with Gasteiger partial charge in [0.2, 0.25) is 5.91 Å². The van der Waals surface area contributed by atoms with Gasteiger partial charge in [-0.15, -0.1) is 0 Å². The number of carboxylic acids is 1. The molecule has 0 aromatic heterocycles. The molecule has 6 nitrogen and oxygen atoms in total. The summed E-state index contributed by atoms with van der Waals surface area (Å²) in [5, 5.41) is 14.5. The lowest BCUT2D eigenvalue weighted by Crippen LogP contribution is -2.47. The molecule has 0 radical (unpaired) electrons. The summed E-state index contributed by atoms with van der Waals surface area (Å²) in [4.78, 5) is 36.1. The zero-order chi connectivity index (χ0) is 20.0. The fourth-order valence-electron chi connectivity index (χ4n) is 2.74. The van der Waals surface area contributed by atoms with Gasteiger partial charge in [0.25, 0.3) is 5.91 Å². The smallest absolute Gasteiger partial charge is 0.307 e. The van der Waals surface area contributed by atoms with Crippen molar-refractivity contribution in [3.8, 4) is 0 Å². The second-order valence-corrected chi connectivity index (χ2v) is 6.77. The first-order chi connectivity index (χ1) is 12.8. The maximum absolute atomic E-state index is 12.7. The van der Waals surface area contributed by atoms with E-state index in [1.54, 1.807) is 36.4 Å². The van der Waals surface area contributed by atoms with Crippen LogP contribution in [0.4, 0.5) is 5.69 Å². The number of amides is 2. The Kier molecular flexibility index (Phi) is 6.71. The molecule has 1 unspecified atom stereocenters. The van der Waals surface area contributed by atoms with Gasteiger partial charge in [-0.2, -0.15) is 0 Å². The van der Waals surface area contributed by atoms with Crippen molar-refractivity contribution in [2.75, 3.05) is 5.32 Å². The van der Waals surface area contributed by atoms with Crippen molar-refractivity contribution in [2.45, 2.75) is 33.2 Å². The maximum atomic E-state index is 12.7. The van der Waals surface area contributed by atoms with Crippen molar-refractivity contribution < 1.29 is 19.5 Å². The normalized spacial score (nSPS) is 11.7. The van der Waals surface area contributed by atoms with Crippen LogP contribution in [-0.2, 0) is 16.0 Å². The van der Waals surface area contributed by atoms with Crippen molar-refractivity contribution in [3.63, 3.8) is 0 Å². The van der Waals surface area contributed by atoms with Gasteiger partial charge in [0, 0.05) is 11.3 Å². The van der Waals surface area contributed by atoms with E-state index in [0.717, 1.165) is 5.56 Å². The molecule has 142 valence electrons. The zero-order valence-corrected chi connectivity index (χ0v) is 15.7. The molecule has 0 aliphatic rings. The van der Waals surface area contributed by atoms with Gasteiger partial charge in [-0.05, 0) is 42.2 Å². The number of anilines is 1. The Morgan fingerprint density at radius 1 is 1.04 bits per heavy atom. The Labute approximate surface area is 158 Å². The van der Waals surface area contributed by atoms with Crippen molar-refractivity contribution in [3.05, 3.63) is 65.2 Å². The van der Waals surface area contributed by atoms with Crippen LogP contribution in [0.2, 0.25) is 0 Å². The molecule has 27 heavy (non-hydrogen) atoms. The first kappa shape index (κ1) is 20.2. The summed E-state index contributed by atoms with van der Waals surface area (Å²) in [6.07, 6.45) is -0.124. The molecular formula is C21H24N2O4. The predicted octanol–water partition coefficient (Wildman–Crippen LogP) is 3.02. The van der Waals surface area contributed by atoms with E-state index in [2.05, 4.69) is 10.6 Å². The van der Waals surface area contributed by atoms with E-state index >= 15 is 0 Å². The molecule has 2 aromatic carbocycles. The number of carboxylic acid groups (broad SMARTS) is 1. The molecule has 2 rings (SSSR count). The number of nitrogens with one attached hydrogen (secondary N) is 2. The van der Waals surface area contributed by atoms with Crippen LogP contribution in [0.3, 0.4) is 0 Å². The first-order valence-corrected chi connectivity index (χ1v) is 8.76. The van der Waals surface area contributed by atoms with Crippen LogP contribution in [0.15, 0.2) is 48.5 Å². The van der Waals surface area contributed by atoms with Crippen molar-refractivity contribution >= 4 is 23.5 Å². The minimum atomic E-state index is -0.941. The van der Waals surface area contributed by atoms with Crippen LogP contribution >= 0.6 is 0 Å². The predicted molar refractivity (Wildman–Crippen MR) is 104 cm³/mol. The standard InChI is InChI=1S/C21H24N2O4/c1-13(2)19(23-20(26)17-10-5-4-7-14(17)3)21(27)22-16-9-6-8-15(11-16)12-18(24)25/h4-11,13,19H,12H2,1-3H3,(H,22,27)(H,23,26)(H,24,25). The average Bonchev–Trinajstić information content (AvgIpc) is 2.59. The van der Waals surface area contributed by atoms with Crippen molar-refractivity contribution in [2.24, 2.45) is 5.92 Å². The molecule has 2 aromatic rings. The lowest BCUT2D eigenvalue weighted by atomic mass is 10.0. The van der Waals surface area contributed by atoms with E-state index in [9.17, 15) is 14.4 Å². The van der Waals surface area contributed by atoms with Gasteiger partial charge in [0.1, 0.15) is 6.04 Å². The minimum Gasteiger partial charge on any atom is -0.481 e. The molecule has 0 aliphatic heterocycles. The van der Waals surface area contributed by atoms with Crippen LogP contribution in [0.5, 0.6) is 0 Å². The Hall–Kier alpha value is -3.15. The SMILES string of the molecule is Cc1ccccc1C(=O)NC(C(=O)Nc1cccc(CC(=O)O)c1)C(C)C. The fourth-order valence-corrected chi connectivity index (χ4v) is 2.74. The number of hydrogen-bond acceptors (Lipinski definition) is 3. The van der Waals surface area contributed by atoms with Gasteiger partial charge < -0.3 is 15.7 Å². The Morgan fingerprint density at radius 3 is 2.37 bits per heavy atom. The molecule has 2 amide bonds. The second kappa shape index (κ2) is 8.98. The molecule has 0 heterocycles. The average molecular weight is 368 g/mol. The molecular weight excluding hydrogens is 344 g/mol. The second-order valence-electron chi connectivity index (χ2n) is 6.77. The highest BCUT2D eigenvalue weighted by atomic mass is 16.4. The number of benzene rings is 2. The Bertz CT molecular complexity index is 846. The van der Waals surface area contributed by atoms with Gasteiger partial charge in [0.05, 0.1) is 6.42 Å². The molecule has 0 saturated heterocycles. The third-order valence-electron chi connectivity index (χ3n) is 4.18. The van der Waals surface area contributed by atoms with Gasteiger partial charge in [0.15, 0.2) is 0 Å². The van der Waals surface area contributed by atoms with Gasteiger partial charge in [-0.1, -0.05) is 44.2 Å². The summed E-state index contributed by atoms with van der Waals surface area (Å²) in [6, 6.07) is 13.1. The fraction of sp³-hybridized carbons (Fsp3) is 0.286. The highest BCUT2D eigenvalue weighted by Crippen LogP contribution is 2.14. The Balaban J connectivity index is 2.12. The molecule has 1 atom stereocenters. The largest absolute Gasteiger partial charge is 0.481 e. The van der Waals surface area contributed by atoms with Crippen molar-refractivity contribution in [1.82, 2.24) is 5.32 Å². The first-order valence-electron chi connectivity index (χ1n) is 8.76. The van der Waals surface area contributed by atoms with Crippen LogP contribution < -0.4 is 10.6 Å². The number of rotatable bonds is 7. The van der Waals surface area contributed by atoms with E-state index < -0.39 is 12.0 Å². The summed E-state index contributed by atoms with van der Waals surface area (Å²) < 4.78 is 0. The molecule has 3 N–H and O–H groups in total. The monoisotopic (exact) mass is 368 g/mol. The molecule has 0 saturated carbocycles. The minimum absolute atomic E-state index is 0.124. The summed E-state index contributed by atoms with van der Waals surface area (Å²) in [7, 11) is 0. The Morgan fingerprint density at radius 2 is 1.74 bits per heavy atom. The quantitative estimate of drug-likeness (QED) is 0.700. The lowest BCUT2D eigenvalue weighted by Gasteiger charge is -2.22. The maximum Gasteiger partial charge on any atom is 0.307 e.